The molecule has 2 aromatic rings. The molecular weight excluding hydrogens is 364 g/mol. The van der Waals surface area contributed by atoms with Crippen molar-refractivity contribution < 1.29 is 14.7 Å². The number of aliphatic carboxylic acids is 1. The lowest BCUT2D eigenvalue weighted by atomic mass is 10.2. The van der Waals surface area contributed by atoms with Crippen LogP contribution in [0.15, 0.2) is 24.3 Å². The molecule has 1 aromatic carbocycles. The fourth-order valence-electron chi connectivity index (χ4n) is 2.71. The van der Waals surface area contributed by atoms with E-state index in [0.717, 1.165) is 5.56 Å². The van der Waals surface area contributed by atoms with Crippen LogP contribution >= 0.6 is 23.4 Å². The lowest BCUT2D eigenvalue weighted by Gasteiger charge is -2.33. The van der Waals surface area contributed by atoms with Gasteiger partial charge in [-0.2, -0.15) is 0 Å². The van der Waals surface area contributed by atoms with Crippen molar-refractivity contribution in [2.75, 3.05) is 5.75 Å². The molecule has 7 nitrogen and oxygen atoms in total. The third-order valence-corrected chi connectivity index (χ3v) is 5.31. The van der Waals surface area contributed by atoms with Crippen LogP contribution < -0.4 is 0 Å². The highest BCUT2D eigenvalue weighted by atomic mass is 35.5. The van der Waals surface area contributed by atoms with Crippen LogP contribution in [0.3, 0.4) is 0 Å². The zero-order valence-electron chi connectivity index (χ0n) is 13.6. The Labute approximate surface area is 154 Å². The molecule has 0 radical (unpaired) electrons. The van der Waals surface area contributed by atoms with Crippen LogP contribution in [0.1, 0.15) is 17.2 Å². The second kappa shape index (κ2) is 7.45. The first-order chi connectivity index (χ1) is 12.0. The number of carbonyl (C=O) groups is 2. The molecule has 1 unspecified atom stereocenters. The molecule has 0 bridgehead atoms. The average Bonchev–Trinajstić information content (AvgIpc) is 2.96. The molecule has 25 heavy (non-hydrogen) atoms. The van der Waals surface area contributed by atoms with E-state index >= 15 is 0 Å². The summed E-state index contributed by atoms with van der Waals surface area (Å²) < 4.78 is 1.75. The minimum absolute atomic E-state index is 0.165. The molecule has 132 valence electrons. The number of aryl methyl sites for hydroxylation is 1. The van der Waals surface area contributed by atoms with Crippen LogP contribution in [-0.4, -0.2) is 48.4 Å². The number of hydrogen-bond acceptors (Lipinski definition) is 5. The van der Waals surface area contributed by atoms with Crippen molar-refractivity contribution in [1.82, 2.24) is 19.7 Å². The van der Waals surface area contributed by atoms with Gasteiger partial charge < -0.3 is 14.6 Å². The second-order valence-electron chi connectivity index (χ2n) is 5.77. The Balaban J connectivity index is 1.63. The first kappa shape index (κ1) is 17.8. The van der Waals surface area contributed by atoms with E-state index < -0.39 is 12.0 Å². The number of nitrogens with zero attached hydrogens (tertiary/aromatic N) is 4. The van der Waals surface area contributed by atoms with Gasteiger partial charge in [-0.15, -0.1) is 22.0 Å². The smallest absolute Gasteiger partial charge is 0.328 e. The molecule has 0 aliphatic carbocycles. The summed E-state index contributed by atoms with van der Waals surface area (Å²) in [6, 6.07) is 6.53. The van der Waals surface area contributed by atoms with Crippen molar-refractivity contribution in [2.45, 2.75) is 31.8 Å². The number of benzene rings is 1. The van der Waals surface area contributed by atoms with Gasteiger partial charge in [0.05, 0.1) is 18.8 Å². The minimum atomic E-state index is -1.02. The highest BCUT2D eigenvalue weighted by molar-refractivity contribution is 7.99. The standard InChI is InChI=1S/C16H17ClN4O3S/c1-10-18-19-14-7-21(13(16(23)24)6-20(10)14)15(22)9-25-8-11-2-4-12(17)5-3-11/h2-5,13H,6-9H2,1H3,(H,23,24). The van der Waals surface area contributed by atoms with Crippen molar-refractivity contribution >= 4 is 35.2 Å². The predicted octanol–water partition coefficient (Wildman–Crippen LogP) is 1.97. The third-order valence-electron chi connectivity index (χ3n) is 4.07. The Kier molecular flexibility index (Phi) is 5.29. The molecule has 0 spiro atoms. The van der Waals surface area contributed by atoms with Gasteiger partial charge in [0.25, 0.3) is 0 Å². The van der Waals surface area contributed by atoms with Crippen molar-refractivity contribution in [3.8, 4) is 0 Å². The molecule has 1 N–H and O–H groups in total. The number of rotatable bonds is 5. The Morgan fingerprint density at radius 2 is 2.04 bits per heavy atom. The molecule has 1 aromatic heterocycles. The summed E-state index contributed by atoms with van der Waals surface area (Å²) in [6.45, 7) is 2.12. The number of amides is 1. The Hall–Kier alpha value is -2.06. The summed E-state index contributed by atoms with van der Waals surface area (Å²) in [7, 11) is 0. The van der Waals surface area contributed by atoms with Gasteiger partial charge in [-0.05, 0) is 24.6 Å². The first-order valence-electron chi connectivity index (χ1n) is 7.69. The van der Waals surface area contributed by atoms with Gasteiger partial charge in [-0.1, -0.05) is 23.7 Å². The molecule has 0 fully saturated rings. The summed E-state index contributed by atoms with van der Waals surface area (Å²) in [5, 5.41) is 18.1. The van der Waals surface area contributed by atoms with E-state index in [1.165, 1.54) is 16.7 Å². The molecular formula is C16H17ClN4O3S. The molecule has 1 aliphatic rings. The zero-order valence-corrected chi connectivity index (χ0v) is 15.1. The zero-order chi connectivity index (χ0) is 18.0. The number of aromatic nitrogens is 3. The Morgan fingerprint density at radius 1 is 1.32 bits per heavy atom. The molecule has 1 aliphatic heterocycles. The van der Waals surface area contributed by atoms with Gasteiger partial charge in [0.15, 0.2) is 5.82 Å². The molecule has 1 atom stereocenters. The monoisotopic (exact) mass is 380 g/mol. The first-order valence-corrected chi connectivity index (χ1v) is 9.22. The van der Waals surface area contributed by atoms with E-state index in [9.17, 15) is 14.7 Å². The molecule has 3 rings (SSSR count). The maximum absolute atomic E-state index is 12.5. The van der Waals surface area contributed by atoms with Crippen LogP contribution in [0.5, 0.6) is 0 Å². The minimum Gasteiger partial charge on any atom is -0.480 e. The molecule has 0 saturated heterocycles. The highest BCUT2D eigenvalue weighted by Crippen LogP contribution is 2.21. The maximum atomic E-state index is 12.5. The largest absolute Gasteiger partial charge is 0.480 e. The van der Waals surface area contributed by atoms with Crippen LogP contribution in [0.2, 0.25) is 5.02 Å². The number of thioether (sulfide) groups is 1. The summed E-state index contributed by atoms with van der Waals surface area (Å²) >= 11 is 7.29. The van der Waals surface area contributed by atoms with Crippen molar-refractivity contribution in [3.63, 3.8) is 0 Å². The van der Waals surface area contributed by atoms with Crippen molar-refractivity contribution in [1.29, 1.82) is 0 Å². The lowest BCUT2D eigenvalue weighted by Crippen LogP contribution is -2.51. The van der Waals surface area contributed by atoms with Crippen molar-refractivity contribution in [2.24, 2.45) is 0 Å². The summed E-state index contributed by atoms with van der Waals surface area (Å²) in [5.41, 5.74) is 1.06. The summed E-state index contributed by atoms with van der Waals surface area (Å²) in [4.78, 5) is 25.5. The fourth-order valence-corrected chi connectivity index (χ4v) is 3.70. The Morgan fingerprint density at radius 3 is 2.72 bits per heavy atom. The van der Waals surface area contributed by atoms with Crippen molar-refractivity contribution in [3.05, 3.63) is 46.5 Å². The van der Waals surface area contributed by atoms with E-state index in [-0.39, 0.29) is 24.7 Å². The number of carboxylic acid groups (broad SMARTS) is 1. The number of hydrogen-bond donors (Lipinski definition) is 1. The van der Waals surface area contributed by atoms with Crippen LogP contribution in [0, 0.1) is 6.92 Å². The van der Waals surface area contributed by atoms with E-state index in [4.69, 9.17) is 11.6 Å². The van der Waals surface area contributed by atoms with Crippen LogP contribution in [-0.2, 0) is 28.4 Å². The van der Waals surface area contributed by atoms with Gasteiger partial charge >= 0.3 is 5.97 Å². The van der Waals surface area contributed by atoms with Gasteiger partial charge in [0.1, 0.15) is 11.9 Å². The van der Waals surface area contributed by atoms with Gasteiger partial charge in [0, 0.05) is 10.8 Å². The molecule has 2 heterocycles. The maximum Gasteiger partial charge on any atom is 0.328 e. The molecule has 1 amide bonds. The number of carboxylic acids is 1. The number of carbonyl (C=O) groups excluding carboxylic acids is 1. The lowest BCUT2D eigenvalue weighted by molar-refractivity contribution is -0.151. The van der Waals surface area contributed by atoms with Gasteiger partial charge in [-0.3, -0.25) is 4.79 Å². The summed E-state index contributed by atoms with van der Waals surface area (Å²) in [6.07, 6.45) is 0. The SMILES string of the molecule is Cc1nnc2n1CC(C(=O)O)N(C(=O)CSCc1ccc(Cl)cc1)C2. The molecule has 9 heteroatoms. The van der Waals surface area contributed by atoms with Gasteiger partial charge in [0.2, 0.25) is 5.91 Å². The number of halogens is 1. The van der Waals surface area contributed by atoms with Gasteiger partial charge in [-0.25, -0.2) is 4.79 Å². The van der Waals surface area contributed by atoms with Crippen LogP contribution in [0.4, 0.5) is 0 Å². The summed E-state index contributed by atoms with van der Waals surface area (Å²) in [5.74, 6) is 0.910. The Bertz CT molecular complexity index is 793. The molecule has 0 saturated carbocycles. The van der Waals surface area contributed by atoms with E-state index in [1.807, 2.05) is 12.1 Å². The average molecular weight is 381 g/mol. The topological polar surface area (TPSA) is 88.3 Å². The third kappa shape index (κ3) is 3.96. The number of fused-ring (bicyclic) bond motifs is 1. The predicted molar refractivity (Wildman–Crippen MR) is 94.3 cm³/mol. The fraction of sp³-hybridized carbons (Fsp3) is 0.375. The quantitative estimate of drug-likeness (QED) is 0.853. The van der Waals surface area contributed by atoms with E-state index in [0.29, 0.717) is 22.4 Å². The van der Waals surface area contributed by atoms with Crippen LogP contribution in [0.25, 0.3) is 0 Å². The second-order valence-corrected chi connectivity index (χ2v) is 7.19. The van der Waals surface area contributed by atoms with E-state index in [2.05, 4.69) is 10.2 Å². The highest BCUT2D eigenvalue weighted by Gasteiger charge is 2.36. The normalized spacial score (nSPS) is 16.6. The van der Waals surface area contributed by atoms with E-state index in [1.54, 1.807) is 23.6 Å².